The number of pyridine rings is 1. The zero-order valence-corrected chi connectivity index (χ0v) is 31.6. The lowest BCUT2D eigenvalue weighted by molar-refractivity contribution is 0.236. The third-order valence-electron chi connectivity index (χ3n) is 10.2. The predicted molar refractivity (Wildman–Crippen MR) is 217 cm³/mol. The Balaban J connectivity index is 1.22. The van der Waals surface area contributed by atoms with Gasteiger partial charge in [0.15, 0.2) is 5.65 Å². The summed E-state index contributed by atoms with van der Waals surface area (Å²) in [6.07, 6.45) is 2.93. The van der Waals surface area contributed by atoms with E-state index in [4.69, 9.17) is 16.5 Å². The van der Waals surface area contributed by atoms with Gasteiger partial charge in [-0.05, 0) is 99.8 Å². The van der Waals surface area contributed by atoms with Gasteiger partial charge in [0, 0.05) is 94.9 Å². The molecule has 0 radical (unpaired) electrons. The monoisotopic (exact) mass is 703 g/mol. The Labute approximate surface area is 307 Å². The fourth-order valence-electron chi connectivity index (χ4n) is 7.14. The third-order valence-corrected chi connectivity index (χ3v) is 10.2. The van der Waals surface area contributed by atoms with E-state index in [2.05, 4.69) is 124 Å². The number of hydrogen-bond acceptors (Lipinski definition) is 8. The van der Waals surface area contributed by atoms with Crippen LogP contribution < -0.4 is 22.1 Å². The Hall–Kier alpha value is -4.52. The van der Waals surface area contributed by atoms with Crippen LogP contribution in [0.4, 0.5) is 0 Å². The second-order valence-electron chi connectivity index (χ2n) is 13.9. The quantitative estimate of drug-likeness (QED) is 0.0516. The molecule has 0 aliphatic carbocycles. The van der Waals surface area contributed by atoms with Crippen molar-refractivity contribution in [3.8, 4) is 11.3 Å². The smallest absolute Gasteiger partial charge is 0.178 e. The molecule has 1 atom stereocenters. The van der Waals surface area contributed by atoms with Gasteiger partial charge in [-0.25, -0.2) is 9.97 Å². The van der Waals surface area contributed by atoms with Crippen molar-refractivity contribution >= 4 is 38.5 Å². The number of allylic oxidation sites excluding steroid dienone is 1. The molecular formula is C41H57N11. The van der Waals surface area contributed by atoms with E-state index in [0.717, 1.165) is 116 Å². The summed E-state index contributed by atoms with van der Waals surface area (Å²) in [6.45, 7) is 18.0. The summed E-state index contributed by atoms with van der Waals surface area (Å²) < 4.78 is 0. The second kappa shape index (κ2) is 17.3. The standard InChI is InChI=1S/C41H57N11/c1-6-44-15-9-16-45-25-28-10-12-35-30(20-28)23-37(48-35)38(33(43)24-42)27(4)40-49-39-32(14-17-46-41(39)50-40)36-22-31-21-29(11-13-34(31)47-36)26-51(5)18-19-52(7-2)8-3/h10-14,17,20-23,27,44-45,47-48H,6-9,15-16,18-19,24-26,42-43H2,1-5H3,(H,46,49,50)/b38-33-. The van der Waals surface area contributed by atoms with Crippen LogP contribution in [0.25, 0.3) is 49.8 Å². The Bertz CT molecular complexity index is 2100. The number of aromatic nitrogens is 5. The van der Waals surface area contributed by atoms with Crippen LogP contribution in [-0.2, 0) is 13.1 Å². The molecule has 0 spiro atoms. The maximum Gasteiger partial charge on any atom is 0.178 e. The van der Waals surface area contributed by atoms with Crippen molar-refractivity contribution in [2.75, 3.05) is 59.4 Å². The number of nitrogens with zero attached hydrogens (tertiary/aromatic N) is 4. The molecule has 0 fully saturated rings. The van der Waals surface area contributed by atoms with Gasteiger partial charge in [0.05, 0.1) is 5.52 Å². The SMILES string of the molecule is CCNCCCNCc1ccc2[nH]c(/C(=C(\N)CN)C(C)c3nc4nccc(-c5cc6cc(CN(C)CCN(CC)CC)ccc6[nH]5)c4[nH]3)cc2c1. The van der Waals surface area contributed by atoms with Gasteiger partial charge < -0.3 is 46.9 Å². The molecule has 2 aromatic carbocycles. The third kappa shape index (κ3) is 8.57. The fourth-order valence-corrected chi connectivity index (χ4v) is 7.14. The Kier molecular flexibility index (Phi) is 12.4. The maximum atomic E-state index is 6.65. The van der Waals surface area contributed by atoms with E-state index in [0.29, 0.717) is 11.3 Å². The highest BCUT2D eigenvalue weighted by atomic mass is 15.2. The first-order chi connectivity index (χ1) is 25.3. The van der Waals surface area contributed by atoms with E-state index in [9.17, 15) is 0 Å². The Morgan fingerprint density at radius 1 is 0.865 bits per heavy atom. The zero-order valence-electron chi connectivity index (χ0n) is 31.6. The molecule has 11 heteroatoms. The predicted octanol–water partition coefficient (Wildman–Crippen LogP) is 5.88. The average molecular weight is 704 g/mol. The van der Waals surface area contributed by atoms with Gasteiger partial charge in [0.2, 0.25) is 0 Å². The van der Waals surface area contributed by atoms with Crippen molar-refractivity contribution in [1.29, 1.82) is 0 Å². The Morgan fingerprint density at radius 2 is 1.60 bits per heavy atom. The van der Waals surface area contributed by atoms with Crippen LogP contribution in [0.1, 0.15) is 62.7 Å². The van der Waals surface area contributed by atoms with Crippen LogP contribution in [0, 0.1) is 0 Å². The molecule has 0 bridgehead atoms. The summed E-state index contributed by atoms with van der Waals surface area (Å²) in [5.74, 6) is 0.620. The van der Waals surface area contributed by atoms with Crippen LogP contribution in [0.5, 0.6) is 0 Å². The normalized spacial score (nSPS) is 13.3. The number of likely N-dealkylation sites (N-methyl/N-ethyl adjacent to an activating group) is 2. The van der Waals surface area contributed by atoms with Crippen LogP contribution in [-0.4, -0.2) is 94.1 Å². The van der Waals surface area contributed by atoms with Gasteiger partial charge in [-0.15, -0.1) is 0 Å². The van der Waals surface area contributed by atoms with Crippen molar-refractivity contribution in [1.82, 2.24) is 45.4 Å². The number of fused-ring (bicyclic) bond motifs is 3. The van der Waals surface area contributed by atoms with E-state index in [-0.39, 0.29) is 12.5 Å². The van der Waals surface area contributed by atoms with Gasteiger partial charge in [0.1, 0.15) is 5.82 Å². The number of benzene rings is 2. The minimum absolute atomic E-state index is 0.166. The van der Waals surface area contributed by atoms with E-state index in [1.165, 1.54) is 16.5 Å². The lowest BCUT2D eigenvalue weighted by atomic mass is 9.95. The summed E-state index contributed by atoms with van der Waals surface area (Å²) in [7, 11) is 2.20. The van der Waals surface area contributed by atoms with E-state index in [1.807, 2.05) is 12.3 Å². The minimum atomic E-state index is -0.166. The molecule has 9 N–H and O–H groups in total. The minimum Gasteiger partial charge on any atom is -0.401 e. The summed E-state index contributed by atoms with van der Waals surface area (Å²) in [5.41, 5.74) is 23.6. The molecule has 11 nitrogen and oxygen atoms in total. The van der Waals surface area contributed by atoms with Gasteiger partial charge in [0.25, 0.3) is 0 Å². The lowest BCUT2D eigenvalue weighted by Crippen LogP contribution is -2.32. The first-order valence-corrected chi connectivity index (χ1v) is 18.9. The van der Waals surface area contributed by atoms with Crippen molar-refractivity contribution < 1.29 is 0 Å². The van der Waals surface area contributed by atoms with Crippen LogP contribution >= 0.6 is 0 Å². The molecule has 4 heterocycles. The van der Waals surface area contributed by atoms with Gasteiger partial charge in [-0.1, -0.05) is 39.8 Å². The maximum absolute atomic E-state index is 6.65. The molecule has 6 aromatic rings. The molecule has 6 rings (SSSR count). The van der Waals surface area contributed by atoms with Crippen molar-refractivity contribution in [3.63, 3.8) is 0 Å². The van der Waals surface area contributed by atoms with E-state index < -0.39 is 0 Å². The molecule has 1 unspecified atom stereocenters. The highest BCUT2D eigenvalue weighted by Crippen LogP contribution is 2.36. The molecule has 52 heavy (non-hydrogen) atoms. The highest BCUT2D eigenvalue weighted by molar-refractivity contribution is 5.94. The Morgan fingerprint density at radius 3 is 2.37 bits per heavy atom. The number of hydrogen-bond donors (Lipinski definition) is 7. The van der Waals surface area contributed by atoms with Crippen molar-refractivity contribution in [3.05, 3.63) is 89.1 Å². The number of rotatable bonds is 19. The molecule has 0 saturated carbocycles. The summed E-state index contributed by atoms with van der Waals surface area (Å²) in [4.78, 5) is 25.4. The number of aromatic amines is 3. The summed E-state index contributed by atoms with van der Waals surface area (Å²) in [5, 5.41) is 9.26. The van der Waals surface area contributed by atoms with Crippen LogP contribution in [0.3, 0.4) is 0 Å². The van der Waals surface area contributed by atoms with Gasteiger partial charge >= 0.3 is 0 Å². The first-order valence-electron chi connectivity index (χ1n) is 18.9. The molecule has 0 aliphatic heterocycles. The first kappa shape index (κ1) is 37.2. The molecular weight excluding hydrogens is 647 g/mol. The van der Waals surface area contributed by atoms with Crippen molar-refractivity contribution in [2.45, 2.75) is 53.1 Å². The van der Waals surface area contributed by atoms with Crippen LogP contribution in [0.15, 0.2) is 66.5 Å². The second-order valence-corrected chi connectivity index (χ2v) is 13.9. The van der Waals surface area contributed by atoms with Gasteiger partial charge in [-0.2, -0.15) is 0 Å². The number of nitrogens with two attached hydrogens (primary N) is 2. The molecule has 0 saturated heterocycles. The molecule has 4 aromatic heterocycles. The van der Waals surface area contributed by atoms with E-state index in [1.54, 1.807) is 0 Å². The average Bonchev–Trinajstić information content (AvgIpc) is 3.90. The number of imidazole rings is 1. The van der Waals surface area contributed by atoms with Gasteiger partial charge in [-0.3, -0.25) is 0 Å². The largest absolute Gasteiger partial charge is 0.401 e. The highest BCUT2D eigenvalue weighted by Gasteiger charge is 2.23. The lowest BCUT2D eigenvalue weighted by Gasteiger charge is -2.23. The molecule has 0 aliphatic rings. The van der Waals surface area contributed by atoms with E-state index >= 15 is 0 Å². The number of nitrogens with one attached hydrogen (secondary N) is 5. The number of H-pyrrole nitrogens is 3. The summed E-state index contributed by atoms with van der Waals surface area (Å²) in [6, 6.07) is 19.7. The van der Waals surface area contributed by atoms with Crippen LogP contribution in [0.2, 0.25) is 0 Å². The molecule has 0 amide bonds. The summed E-state index contributed by atoms with van der Waals surface area (Å²) >= 11 is 0. The fraction of sp³-hybridized carbons (Fsp3) is 0.415. The van der Waals surface area contributed by atoms with Crippen molar-refractivity contribution in [2.24, 2.45) is 11.5 Å². The zero-order chi connectivity index (χ0) is 36.6. The molecule has 276 valence electrons. The topological polar surface area (TPSA) is 156 Å².